The van der Waals surface area contributed by atoms with Gasteiger partial charge in [0.2, 0.25) is 15.9 Å². The smallest absolute Gasteiger partial charge is 0.248 e. The van der Waals surface area contributed by atoms with Crippen molar-refractivity contribution in [2.45, 2.75) is 17.9 Å². The fraction of sp³-hybridized carbons (Fsp3) is 0.462. The van der Waals surface area contributed by atoms with Crippen LogP contribution < -0.4 is 4.72 Å². The molecule has 1 aliphatic heterocycles. The number of nitrogens with one attached hydrogen (secondary N) is 1. The standard InChI is InChI=1S/C13H18N2O4S/c1-10-4-3-5-12(6-10)20(17,18)14-7-11-8-15(2)13(16)9-19-11/h3-6,11,14H,7-9H2,1-2H3. The van der Waals surface area contributed by atoms with Crippen LogP contribution in [0.5, 0.6) is 0 Å². The SMILES string of the molecule is Cc1cccc(S(=O)(=O)NCC2CN(C)C(=O)CO2)c1. The highest BCUT2D eigenvalue weighted by Crippen LogP contribution is 2.11. The Morgan fingerprint density at radius 1 is 1.45 bits per heavy atom. The normalized spacial score (nSPS) is 20.2. The van der Waals surface area contributed by atoms with Gasteiger partial charge in [0, 0.05) is 20.1 Å². The minimum absolute atomic E-state index is 0.00661. The zero-order chi connectivity index (χ0) is 14.8. The summed E-state index contributed by atoms with van der Waals surface area (Å²) in [5.74, 6) is -0.0946. The van der Waals surface area contributed by atoms with Gasteiger partial charge in [0.05, 0.1) is 11.0 Å². The molecule has 110 valence electrons. The second kappa shape index (κ2) is 5.90. The van der Waals surface area contributed by atoms with E-state index in [2.05, 4.69) is 4.72 Å². The number of morpholine rings is 1. The summed E-state index contributed by atoms with van der Waals surface area (Å²) in [5.41, 5.74) is 0.882. The minimum atomic E-state index is -3.55. The number of aryl methyl sites for hydroxylation is 1. The van der Waals surface area contributed by atoms with Crippen LogP contribution in [0, 0.1) is 6.92 Å². The third kappa shape index (κ3) is 3.56. The van der Waals surface area contributed by atoms with Gasteiger partial charge in [-0.25, -0.2) is 13.1 Å². The highest BCUT2D eigenvalue weighted by Gasteiger charge is 2.25. The molecule has 0 bridgehead atoms. The molecule has 6 nitrogen and oxygen atoms in total. The fourth-order valence-electron chi connectivity index (χ4n) is 1.95. The first kappa shape index (κ1) is 15.0. The molecule has 0 saturated carbocycles. The maximum atomic E-state index is 12.1. The Bertz CT molecular complexity index is 600. The second-order valence-electron chi connectivity index (χ2n) is 4.88. The third-order valence-electron chi connectivity index (χ3n) is 3.15. The van der Waals surface area contributed by atoms with Crippen molar-refractivity contribution in [2.24, 2.45) is 0 Å². The van der Waals surface area contributed by atoms with Crippen LogP contribution in [-0.4, -0.2) is 52.1 Å². The largest absolute Gasteiger partial charge is 0.365 e. The summed E-state index contributed by atoms with van der Waals surface area (Å²) in [4.78, 5) is 13.0. The summed E-state index contributed by atoms with van der Waals surface area (Å²) in [5, 5.41) is 0. The van der Waals surface area contributed by atoms with E-state index in [0.29, 0.717) is 6.54 Å². The van der Waals surface area contributed by atoms with Crippen LogP contribution in [0.25, 0.3) is 0 Å². The average molecular weight is 298 g/mol. The molecule has 1 amide bonds. The zero-order valence-corrected chi connectivity index (χ0v) is 12.3. The number of hydrogen-bond acceptors (Lipinski definition) is 4. The minimum Gasteiger partial charge on any atom is -0.365 e. The first-order valence-corrected chi connectivity index (χ1v) is 7.79. The molecule has 1 aromatic carbocycles. The van der Waals surface area contributed by atoms with Gasteiger partial charge >= 0.3 is 0 Å². The highest BCUT2D eigenvalue weighted by atomic mass is 32.2. The van der Waals surface area contributed by atoms with Gasteiger partial charge in [-0.3, -0.25) is 4.79 Å². The van der Waals surface area contributed by atoms with E-state index in [1.807, 2.05) is 13.0 Å². The van der Waals surface area contributed by atoms with Crippen LogP contribution in [0.3, 0.4) is 0 Å². The van der Waals surface area contributed by atoms with Crippen LogP contribution in [0.1, 0.15) is 5.56 Å². The molecule has 0 spiro atoms. The van der Waals surface area contributed by atoms with Crippen molar-refractivity contribution in [3.8, 4) is 0 Å². The fourth-order valence-corrected chi connectivity index (χ4v) is 3.12. The quantitative estimate of drug-likeness (QED) is 0.857. The molecule has 7 heteroatoms. The van der Waals surface area contributed by atoms with Crippen LogP contribution in [0.4, 0.5) is 0 Å². The molecule has 0 radical (unpaired) electrons. The molecule has 1 N–H and O–H groups in total. The molecule has 1 aliphatic rings. The van der Waals surface area contributed by atoms with E-state index in [4.69, 9.17) is 4.74 Å². The first-order chi connectivity index (χ1) is 9.38. The molecule has 1 atom stereocenters. The lowest BCUT2D eigenvalue weighted by molar-refractivity contribution is -0.146. The van der Waals surface area contributed by atoms with Gasteiger partial charge < -0.3 is 9.64 Å². The number of rotatable bonds is 4. The van der Waals surface area contributed by atoms with Gasteiger partial charge in [0.15, 0.2) is 0 Å². The average Bonchev–Trinajstić information content (AvgIpc) is 2.40. The summed E-state index contributed by atoms with van der Waals surface area (Å²) in [6, 6.07) is 6.70. The van der Waals surface area contributed by atoms with Crippen LogP contribution in [0.15, 0.2) is 29.2 Å². The molecule has 1 heterocycles. The molecule has 1 aromatic rings. The number of sulfonamides is 1. The molecule has 20 heavy (non-hydrogen) atoms. The van der Waals surface area contributed by atoms with E-state index >= 15 is 0 Å². The van der Waals surface area contributed by atoms with Crippen molar-refractivity contribution in [1.29, 1.82) is 0 Å². The highest BCUT2D eigenvalue weighted by molar-refractivity contribution is 7.89. The molecular formula is C13H18N2O4S. The summed E-state index contributed by atoms with van der Waals surface area (Å²) >= 11 is 0. The number of benzene rings is 1. The van der Waals surface area contributed by atoms with Gasteiger partial charge in [-0.15, -0.1) is 0 Å². The number of hydrogen-bond donors (Lipinski definition) is 1. The van der Waals surface area contributed by atoms with Gasteiger partial charge in [0.1, 0.15) is 6.61 Å². The third-order valence-corrected chi connectivity index (χ3v) is 4.57. The maximum Gasteiger partial charge on any atom is 0.248 e. The Morgan fingerprint density at radius 3 is 2.85 bits per heavy atom. The van der Waals surface area contributed by atoms with Crippen LogP contribution in [-0.2, 0) is 19.6 Å². The van der Waals surface area contributed by atoms with Gasteiger partial charge in [0.25, 0.3) is 0 Å². The molecule has 1 unspecified atom stereocenters. The molecule has 0 aromatic heterocycles. The molecule has 1 fully saturated rings. The molecular weight excluding hydrogens is 280 g/mol. The maximum absolute atomic E-state index is 12.1. The lowest BCUT2D eigenvalue weighted by Crippen LogP contribution is -2.48. The van der Waals surface area contributed by atoms with Crippen molar-refractivity contribution >= 4 is 15.9 Å². The Balaban J connectivity index is 1.98. The van der Waals surface area contributed by atoms with E-state index < -0.39 is 10.0 Å². The topological polar surface area (TPSA) is 75.7 Å². The van der Waals surface area contributed by atoms with E-state index in [-0.39, 0.29) is 30.1 Å². The van der Waals surface area contributed by atoms with E-state index in [0.717, 1.165) is 5.56 Å². The zero-order valence-electron chi connectivity index (χ0n) is 11.5. The lowest BCUT2D eigenvalue weighted by atomic mass is 10.2. The van der Waals surface area contributed by atoms with Crippen LogP contribution >= 0.6 is 0 Å². The Labute approximate surface area is 118 Å². The molecule has 0 aliphatic carbocycles. The summed E-state index contributed by atoms with van der Waals surface area (Å²) in [6.07, 6.45) is -0.322. The number of ether oxygens (including phenoxy) is 1. The van der Waals surface area contributed by atoms with Crippen molar-refractivity contribution < 1.29 is 17.9 Å². The first-order valence-electron chi connectivity index (χ1n) is 6.30. The monoisotopic (exact) mass is 298 g/mol. The number of likely N-dealkylation sites (N-methyl/N-ethyl adjacent to an activating group) is 1. The number of nitrogens with zero attached hydrogens (tertiary/aromatic N) is 1. The Kier molecular flexibility index (Phi) is 4.42. The molecule has 1 saturated heterocycles. The summed E-state index contributed by atoms with van der Waals surface area (Å²) < 4.78 is 32.1. The van der Waals surface area contributed by atoms with Crippen molar-refractivity contribution in [3.05, 3.63) is 29.8 Å². The lowest BCUT2D eigenvalue weighted by Gasteiger charge is -2.29. The summed E-state index contributed by atoms with van der Waals surface area (Å²) in [7, 11) is -1.87. The van der Waals surface area contributed by atoms with Gasteiger partial charge in [-0.05, 0) is 24.6 Å². The van der Waals surface area contributed by atoms with Crippen molar-refractivity contribution in [2.75, 3.05) is 26.7 Å². The van der Waals surface area contributed by atoms with Crippen molar-refractivity contribution in [1.82, 2.24) is 9.62 Å². The van der Waals surface area contributed by atoms with Gasteiger partial charge in [-0.1, -0.05) is 12.1 Å². The Hall–Kier alpha value is -1.44. The van der Waals surface area contributed by atoms with E-state index in [1.54, 1.807) is 25.2 Å². The van der Waals surface area contributed by atoms with Gasteiger partial charge in [-0.2, -0.15) is 0 Å². The predicted molar refractivity (Wildman–Crippen MR) is 73.7 cm³/mol. The van der Waals surface area contributed by atoms with Crippen molar-refractivity contribution in [3.63, 3.8) is 0 Å². The second-order valence-corrected chi connectivity index (χ2v) is 6.64. The van der Waals surface area contributed by atoms with E-state index in [9.17, 15) is 13.2 Å². The van der Waals surface area contributed by atoms with E-state index in [1.165, 1.54) is 4.90 Å². The number of carbonyl (C=O) groups is 1. The van der Waals surface area contributed by atoms with Crippen LogP contribution in [0.2, 0.25) is 0 Å². The number of carbonyl (C=O) groups excluding carboxylic acids is 1. The number of amides is 1. The summed E-state index contributed by atoms with van der Waals surface area (Å²) in [6.45, 7) is 2.36. The molecule has 2 rings (SSSR count). The predicted octanol–water partition coefficient (Wildman–Crippen LogP) is 0.131. The Morgan fingerprint density at radius 2 is 2.20 bits per heavy atom.